The molecule has 0 amide bonds. The topological polar surface area (TPSA) is 75.5 Å². The van der Waals surface area contributed by atoms with Gasteiger partial charge in [-0.25, -0.2) is 4.98 Å². The fraction of sp³-hybridized carbons (Fsp3) is 0.556. The van der Waals surface area contributed by atoms with Crippen molar-refractivity contribution in [3.8, 4) is 5.88 Å². The van der Waals surface area contributed by atoms with Crippen molar-refractivity contribution in [2.45, 2.75) is 19.4 Å². The maximum Gasteiger partial charge on any atom is 0.232 e. The lowest BCUT2D eigenvalue weighted by Gasteiger charge is -2.08. The zero-order valence-electron chi connectivity index (χ0n) is 8.05. The van der Waals surface area contributed by atoms with Gasteiger partial charge in [0, 0.05) is 0 Å². The van der Waals surface area contributed by atoms with Crippen LogP contribution in [0.3, 0.4) is 0 Å². The van der Waals surface area contributed by atoms with Crippen molar-refractivity contribution in [1.29, 1.82) is 0 Å². The Morgan fingerprint density at radius 2 is 2.21 bits per heavy atom. The Hall–Kier alpha value is -1.20. The molecule has 0 bridgehead atoms. The summed E-state index contributed by atoms with van der Waals surface area (Å²) in [7, 11) is 0. The molecule has 2 N–H and O–H groups in total. The Kier molecular flexibility index (Phi) is 4.28. The molecule has 0 spiro atoms. The van der Waals surface area contributed by atoms with E-state index in [4.69, 9.17) is 14.9 Å². The van der Waals surface area contributed by atoms with E-state index in [9.17, 15) is 0 Å². The monoisotopic (exact) mass is 198 g/mol. The second-order valence-corrected chi connectivity index (χ2v) is 2.85. The number of hydrogen-bond acceptors (Lipinski definition) is 5. The van der Waals surface area contributed by atoms with Crippen LogP contribution in [-0.2, 0) is 6.42 Å². The fourth-order valence-electron chi connectivity index (χ4n) is 0.834. The minimum absolute atomic E-state index is 0.0245. The first kappa shape index (κ1) is 10.9. The molecule has 0 aromatic carbocycles. The largest absolute Gasteiger partial charge is 0.474 e. The van der Waals surface area contributed by atoms with Crippen molar-refractivity contribution in [2.75, 3.05) is 13.2 Å². The molecule has 0 fully saturated rings. The van der Waals surface area contributed by atoms with Crippen LogP contribution in [0.1, 0.15) is 12.6 Å². The summed E-state index contributed by atoms with van der Waals surface area (Å²) in [5, 5.41) is 17.5. The molecule has 1 aromatic rings. The second-order valence-electron chi connectivity index (χ2n) is 2.85. The van der Waals surface area contributed by atoms with Crippen LogP contribution in [0, 0.1) is 0 Å². The highest BCUT2D eigenvalue weighted by Gasteiger charge is 2.03. The summed E-state index contributed by atoms with van der Waals surface area (Å²) in [6.07, 6.45) is 3.08. The number of aliphatic hydroxyl groups excluding tert-OH is 2. The molecule has 5 nitrogen and oxygen atoms in total. The van der Waals surface area contributed by atoms with Crippen molar-refractivity contribution in [1.82, 2.24) is 9.97 Å². The first-order chi connectivity index (χ1) is 6.76. The molecule has 1 rings (SSSR count). The molecule has 1 atom stereocenters. The quantitative estimate of drug-likeness (QED) is 0.683. The van der Waals surface area contributed by atoms with Gasteiger partial charge in [0.2, 0.25) is 5.88 Å². The van der Waals surface area contributed by atoms with Crippen molar-refractivity contribution >= 4 is 0 Å². The highest BCUT2D eigenvalue weighted by molar-refractivity contribution is 5.06. The Balaban J connectivity index is 2.43. The summed E-state index contributed by atoms with van der Waals surface area (Å²) in [4.78, 5) is 8.05. The van der Waals surface area contributed by atoms with Gasteiger partial charge in [0.15, 0.2) is 0 Å². The molecule has 0 unspecified atom stereocenters. The van der Waals surface area contributed by atoms with Gasteiger partial charge in [-0.15, -0.1) is 0 Å². The molecule has 78 valence electrons. The number of nitrogens with zero attached hydrogens (tertiary/aromatic N) is 2. The van der Waals surface area contributed by atoms with Crippen LogP contribution in [0.25, 0.3) is 0 Å². The van der Waals surface area contributed by atoms with Gasteiger partial charge >= 0.3 is 0 Å². The first-order valence-electron chi connectivity index (χ1n) is 4.49. The van der Waals surface area contributed by atoms with Gasteiger partial charge in [0.05, 0.1) is 24.7 Å². The van der Waals surface area contributed by atoms with Crippen LogP contribution in [0.5, 0.6) is 5.88 Å². The first-order valence-corrected chi connectivity index (χ1v) is 4.49. The van der Waals surface area contributed by atoms with E-state index < -0.39 is 6.10 Å². The van der Waals surface area contributed by atoms with Gasteiger partial charge in [0.1, 0.15) is 12.7 Å². The predicted octanol–water partition coefficient (Wildman–Crippen LogP) is -0.229. The van der Waals surface area contributed by atoms with Crippen molar-refractivity contribution in [3.63, 3.8) is 0 Å². The fourth-order valence-corrected chi connectivity index (χ4v) is 0.834. The maximum atomic E-state index is 9.00. The Labute approximate surface area is 82.4 Å². The number of hydrogen-bond donors (Lipinski definition) is 2. The standard InChI is InChI=1S/C9H14N2O3/c1-2-7-3-11-9(4-10-7)14-6-8(13)5-12/h3-4,8,12-13H,2,5-6H2,1H3/t8-/m0/s1. The van der Waals surface area contributed by atoms with Gasteiger partial charge in [-0.05, 0) is 6.42 Å². The van der Waals surface area contributed by atoms with Gasteiger partial charge < -0.3 is 14.9 Å². The molecule has 0 aliphatic carbocycles. The number of rotatable bonds is 5. The summed E-state index contributed by atoms with van der Waals surface area (Å²) in [6, 6.07) is 0. The second kappa shape index (κ2) is 5.51. The summed E-state index contributed by atoms with van der Waals surface area (Å²) in [5.41, 5.74) is 0.889. The molecular weight excluding hydrogens is 184 g/mol. The van der Waals surface area contributed by atoms with Gasteiger partial charge in [0.25, 0.3) is 0 Å². The third kappa shape index (κ3) is 3.27. The number of aromatic nitrogens is 2. The van der Waals surface area contributed by atoms with Crippen LogP contribution in [0.2, 0.25) is 0 Å². The van der Waals surface area contributed by atoms with Crippen molar-refractivity contribution < 1.29 is 14.9 Å². The van der Waals surface area contributed by atoms with Crippen LogP contribution in [0.15, 0.2) is 12.4 Å². The number of ether oxygens (including phenoxy) is 1. The molecule has 0 radical (unpaired) electrons. The summed E-state index contributed by atoms with van der Waals surface area (Å²) < 4.78 is 5.07. The Bertz CT molecular complexity index is 263. The third-order valence-corrected chi connectivity index (χ3v) is 1.68. The number of aryl methyl sites for hydroxylation is 1. The van der Waals surface area contributed by atoms with E-state index in [-0.39, 0.29) is 13.2 Å². The average molecular weight is 198 g/mol. The minimum atomic E-state index is -0.873. The van der Waals surface area contributed by atoms with Crippen molar-refractivity contribution in [3.05, 3.63) is 18.1 Å². The Morgan fingerprint density at radius 3 is 2.71 bits per heavy atom. The highest BCUT2D eigenvalue weighted by atomic mass is 16.5. The predicted molar refractivity (Wildman–Crippen MR) is 50.0 cm³/mol. The van der Waals surface area contributed by atoms with Crippen molar-refractivity contribution in [2.24, 2.45) is 0 Å². The maximum absolute atomic E-state index is 9.00. The average Bonchev–Trinajstić information content (AvgIpc) is 2.26. The highest BCUT2D eigenvalue weighted by Crippen LogP contribution is 2.04. The molecule has 0 saturated carbocycles. The van der Waals surface area contributed by atoms with Crippen LogP contribution in [-0.4, -0.2) is 39.5 Å². The van der Waals surface area contributed by atoms with Crippen LogP contribution in [0.4, 0.5) is 0 Å². The molecule has 1 heterocycles. The van der Waals surface area contributed by atoms with E-state index in [0.29, 0.717) is 5.88 Å². The van der Waals surface area contributed by atoms with Crippen LogP contribution >= 0.6 is 0 Å². The Morgan fingerprint density at radius 1 is 1.43 bits per heavy atom. The zero-order chi connectivity index (χ0) is 10.4. The summed E-state index contributed by atoms with van der Waals surface area (Å²) in [6.45, 7) is 1.69. The third-order valence-electron chi connectivity index (χ3n) is 1.68. The lowest BCUT2D eigenvalue weighted by molar-refractivity contribution is 0.0519. The molecule has 5 heteroatoms. The van der Waals surface area contributed by atoms with E-state index in [1.54, 1.807) is 6.20 Å². The zero-order valence-corrected chi connectivity index (χ0v) is 8.05. The molecular formula is C9H14N2O3. The van der Waals surface area contributed by atoms with E-state index >= 15 is 0 Å². The number of aliphatic hydroxyl groups is 2. The van der Waals surface area contributed by atoms with E-state index in [1.807, 2.05) is 6.92 Å². The summed E-state index contributed by atoms with van der Waals surface area (Å²) in [5.74, 6) is 0.356. The molecule has 0 saturated heterocycles. The lowest BCUT2D eigenvalue weighted by atomic mass is 10.4. The lowest BCUT2D eigenvalue weighted by Crippen LogP contribution is -2.21. The molecule has 0 aliphatic rings. The van der Waals surface area contributed by atoms with E-state index in [0.717, 1.165) is 12.1 Å². The SMILES string of the molecule is CCc1cnc(OC[C@@H](O)CO)cn1. The van der Waals surface area contributed by atoms with Gasteiger partial charge in [-0.2, -0.15) is 0 Å². The smallest absolute Gasteiger partial charge is 0.232 e. The normalized spacial score (nSPS) is 12.5. The molecule has 14 heavy (non-hydrogen) atoms. The summed E-state index contributed by atoms with van der Waals surface area (Å²) >= 11 is 0. The van der Waals surface area contributed by atoms with E-state index in [1.165, 1.54) is 6.20 Å². The van der Waals surface area contributed by atoms with Gasteiger partial charge in [-0.1, -0.05) is 6.92 Å². The molecule has 1 aromatic heterocycles. The van der Waals surface area contributed by atoms with Gasteiger partial charge in [-0.3, -0.25) is 4.98 Å². The minimum Gasteiger partial charge on any atom is -0.474 e. The molecule has 0 aliphatic heterocycles. The van der Waals surface area contributed by atoms with Crippen LogP contribution < -0.4 is 4.74 Å². The van der Waals surface area contributed by atoms with E-state index in [2.05, 4.69) is 9.97 Å².